The van der Waals surface area contributed by atoms with Crippen LogP contribution in [0.2, 0.25) is 0 Å². The Kier molecular flexibility index (Phi) is 6.87. The third-order valence-electron chi connectivity index (χ3n) is 2.95. The van der Waals surface area contributed by atoms with E-state index in [1.54, 1.807) is 6.07 Å². The summed E-state index contributed by atoms with van der Waals surface area (Å²) in [7, 11) is 0. The minimum Gasteiger partial charge on any atom is -0.207 e. The van der Waals surface area contributed by atoms with Gasteiger partial charge in [0.1, 0.15) is 5.82 Å². The van der Waals surface area contributed by atoms with Crippen molar-refractivity contribution in [2.75, 3.05) is 0 Å². The van der Waals surface area contributed by atoms with Crippen molar-refractivity contribution in [3.63, 3.8) is 0 Å². The van der Waals surface area contributed by atoms with E-state index in [-0.39, 0.29) is 5.82 Å². The predicted octanol–water partition coefficient (Wildman–Crippen LogP) is 4.92. The van der Waals surface area contributed by atoms with Crippen molar-refractivity contribution in [3.05, 3.63) is 35.6 Å². The molecule has 0 N–H and O–H groups in total. The van der Waals surface area contributed by atoms with E-state index in [1.165, 1.54) is 44.6 Å². The molecular weight excluding hydrogens is 199 g/mol. The van der Waals surface area contributed by atoms with Crippen LogP contribution in [0.4, 0.5) is 4.39 Å². The minimum absolute atomic E-state index is 0.103. The summed E-state index contributed by atoms with van der Waals surface area (Å²) in [6, 6.07) is 7.81. The van der Waals surface area contributed by atoms with Crippen LogP contribution in [0.3, 0.4) is 0 Å². The highest BCUT2D eigenvalue weighted by Gasteiger charge is 1.99. The third-order valence-corrected chi connectivity index (χ3v) is 2.95. The van der Waals surface area contributed by atoms with E-state index >= 15 is 0 Å². The molecule has 0 aliphatic heterocycles. The molecule has 0 bridgehead atoms. The van der Waals surface area contributed by atoms with Crippen LogP contribution in [-0.4, -0.2) is 0 Å². The SMILES string of the molecule is CCCCCCCCCc1cc[c]cc1F. The van der Waals surface area contributed by atoms with Crippen molar-refractivity contribution in [2.24, 2.45) is 0 Å². The second-order valence-electron chi connectivity index (χ2n) is 4.39. The topological polar surface area (TPSA) is 0 Å². The van der Waals surface area contributed by atoms with E-state index < -0.39 is 0 Å². The molecule has 0 saturated heterocycles. The first kappa shape index (κ1) is 13.2. The molecule has 0 atom stereocenters. The van der Waals surface area contributed by atoms with Crippen molar-refractivity contribution in [3.8, 4) is 0 Å². The van der Waals surface area contributed by atoms with E-state index in [9.17, 15) is 4.39 Å². The molecule has 0 amide bonds. The van der Waals surface area contributed by atoms with Crippen LogP contribution in [0.1, 0.15) is 57.4 Å². The lowest BCUT2D eigenvalue weighted by Gasteiger charge is -2.03. The van der Waals surface area contributed by atoms with Gasteiger partial charge < -0.3 is 0 Å². The fourth-order valence-electron chi connectivity index (χ4n) is 1.92. The smallest absolute Gasteiger partial charge is 0.127 e. The Labute approximate surface area is 98.9 Å². The molecule has 1 aromatic carbocycles. The zero-order valence-electron chi connectivity index (χ0n) is 10.3. The molecule has 0 aromatic heterocycles. The average Bonchev–Trinajstić information content (AvgIpc) is 2.30. The fourth-order valence-corrected chi connectivity index (χ4v) is 1.92. The summed E-state index contributed by atoms with van der Waals surface area (Å²) in [5, 5.41) is 0. The fraction of sp³-hybridized carbons (Fsp3) is 0.600. The Balaban J connectivity index is 2.05. The second-order valence-corrected chi connectivity index (χ2v) is 4.39. The van der Waals surface area contributed by atoms with Gasteiger partial charge in [0.15, 0.2) is 0 Å². The van der Waals surface area contributed by atoms with Gasteiger partial charge in [-0.2, -0.15) is 0 Å². The van der Waals surface area contributed by atoms with Crippen LogP contribution in [0.5, 0.6) is 0 Å². The lowest BCUT2D eigenvalue weighted by atomic mass is 10.0. The van der Waals surface area contributed by atoms with E-state index in [1.807, 2.05) is 6.07 Å². The van der Waals surface area contributed by atoms with Crippen molar-refractivity contribution in [1.82, 2.24) is 0 Å². The molecule has 0 spiro atoms. The van der Waals surface area contributed by atoms with Crippen molar-refractivity contribution >= 4 is 0 Å². The van der Waals surface area contributed by atoms with Crippen LogP contribution in [0.25, 0.3) is 0 Å². The highest BCUT2D eigenvalue weighted by Crippen LogP contribution is 2.12. The summed E-state index contributed by atoms with van der Waals surface area (Å²) in [6.07, 6.45) is 9.82. The summed E-state index contributed by atoms with van der Waals surface area (Å²) >= 11 is 0. The first-order chi connectivity index (χ1) is 7.84. The summed E-state index contributed by atoms with van der Waals surface area (Å²) in [5.74, 6) is -0.103. The van der Waals surface area contributed by atoms with Gasteiger partial charge in [-0.1, -0.05) is 57.6 Å². The van der Waals surface area contributed by atoms with E-state index in [4.69, 9.17) is 0 Å². The number of hydrogen-bond acceptors (Lipinski definition) is 0. The molecule has 1 heteroatoms. The summed E-state index contributed by atoms with van der Waals surface area (Å²) < 4.78 is 13.2. The van der Waals surface area contributed by atoms with Crippen molar-refractivity contribution in [2.45, 2.75) is 58.3 Å². The maximum absolute atomic E-state index is 13.2. The lowest BCUT2D eigenvalue weighted by molar-refractivity contribution is 0.572. The monoisotopic (exact) mass is 221 g/mol. The minimum atomic E-state index is -0.103. The van der Waals surface area contributed by atoms with Gasteiger partial charge in [-0.25, -0.2) is 4.39 Å². The Morgan fingerprint density at radius 2 is 1.75 bits per heavy atom. The number of unbranched alkanes of at least 4 members (excludes halogenated alkanes) is 6. The number of hydrogen-bond donors (Lipinski definition) is 0. The summed E-state index contributed by atoms with van der Waals surface area (Å²) in [6.45, 7) is 2.23. The first-order valence-corrected chi connectivity index (χ1v) is 6.49. The highest BCUT2D eigenvalue weighted by molar-refractivity contribution is 5.16. The molecule has 0 aliphatic carbocycles. The van der Waals surface area contributed by atoms with Crippen LogP contribution in [0, 0.1) is 11.9 Å². The zero-order valence-corrected chi connectivity index (χ0v) is 10.3. The largest absolute Gasteiger partial charge is 0.207 e. The maximum Gasteiger partial charge on any atom is 0.127 e. The molecule has 1 rings (SSSR count). The van der Waals surface area contributed by atoms with Gasteiger partial charge in [-0.05, 0) is 30.5 Å². The van der Waals surface area contributed by atoms with Gasteiger partial charge in [0.2, 0.25) is 0 Å². The second kappa shape index (κ2) is 8.32. The van der Waals surface area contributed by atoms with E-state index in [2.05, 4.69) is 13.0 Å². The molecule has 0 fully saturated rings. The van der Waals surface area contributed by atoms with Crippen LogP contribution in [0.15, 0.2) is 18.2 Å². The molecule has 16 heavy (non-hydrogen) atoms. The Hall–Kier alpha value is -0.850. The lowest BCUT2D eigenvalue weighted by Crippen LogP contribution is -1.90. The van der Waals surface area contributed by atoms with Crippen molar-refractivity contribution < 1.29 is 4.39 Å². The van der Waals surface area contributed by atoms with E-state index in [0.29, 0.717) is 0 Å². The highest BCUT2D eigenvalue weighted by atomic mass is 19.1. The van der Waals surface area contributed by atoms with Gasteiger partial charge in [0.25, 0.3) is 0 Å². The van der Waals surface area contributed by atoms with Gasteiger partial charge in [-0.15, -0.1) is 0 Å². The predicted molar refractivity (Wildman–Crippen MR) is 66.9 cm³/mol. The maximum atomic E-state index is 13.2. The average molecular weight is 221 g/mol. The summed E-state index contributed by atoms with van der Waals surface area (Å²) in [4.78, 5) is 0. The Morgan fingerprint density at radius 3 is 2.44 bits per heavy atom. The van der Waals surface area contributed by atoms with Gasteiger partial charge in [-0.3, -0.25) is 0 Å². The number of aryl methyl sites for hydroxylation is 1. The summed E-state index contributed by atoms with van der Waals surface area (Å²) in [5.41, 5.74) is 0.840. The number of rotatable bonds is 8. The molecule has 1 radical (unpaired) electrons. The standard InChI is InChI=1S/C15H22F/c1-2-3-4-5-6-7-8-11-14-12-9-10-13-15(14)16/h9,12-13H,2-8,11H2,1H3. The third kappa shape index (κ3) is 5.29. The zero-order chi connectivity index (χ0) is 11.6. The first-order valence-electron chi connectivity index (χ1n) is 6.49. The molecule has 0 saturated carbocycles. The van der Waals surface area contributed by atoms with Crippen LogP contribution < -0.4 is 0 Å². The Morgan fingerprint density at radius 1 is 1.06 bits per heavy atom. The number of benzene rings is 1. The molecule has 0 unspecified atom stereocenters. The van der Waals surface area contributed by atoms with Crippen molar-refractivity contribution in [1.29, 1.82) is 0 Å². The molecule has 0 heterocycles. The van der Waals surface area contributed by atoms with Gasteiger partial charge >= 0.3 is 0 Å². The van der Waals surface area contributed by atoms with Crippen LogP contribution in [-0.2, 0) is 6.42 Å². The number of halogens is 1. The molecule has 1 aromatic rings. The molecule has 0 aliphatic rings. The van der Waals surface area contributed by atoms with E-state index in [0.717, 1.165) is 18.4 Å². The quantitative estimate of drug-likeness (QED) is 0.547. The molecule has 0 nitrogen and oxygen atoms in total. The van der Waals surface area contributed by atoms with Gasteiger partial charge in [0, 0.05) is 0 Å². The van der Waals surface area contributed by atoms with Gasteiger partial charge in [0.05, 0.1) is 0 Å². The molecule has 89 valence electrons. The normalized spacial score (nSPS) is 10.6. The van der Waals surface area contributed by atoms with Crippen LogP contribution >= 0.6 is 0 Å². The Bertz CT molecular complexity index is 281. The molecular formula is C15H22F.